The van der Waals surface area contributed by atoms with E-state index in [0.717, 1.165) is 30.6 Å². The number of aryl methyl sites for hydroxylation is 1. The van der Waals surface area contributed by atoms with E-state index < -0.39 is 0 Å². The van der Waals surface area contributed by atoms with Gasteiger partial charge in [-0.1, -0.05) is 44.5 Å². The van der Waals surface area contributed by atoms with Crippen LogP contribution in [0.4, 0.5) is 0 Å². The number of benzene rings is 2. The Morgan fingerprint density at radius 2 is 1.86 bits per heavy atom. The molecule has 2 amide bonds. The van der Waals surface area contributed by atoms with Crippen molar-refractivity contribution in [1.29, 1.82) is 0 Å². The fourth-order valence-electron chi connectivity index (χ4n) is 3.04. The second kappa shape index (κ2) is 9.87. The van der Waals surface area contributed by atoms with Crippen LogP contribution in [0.5, 0.6) is 5.75 Å². The molecule has 0 fully saturated rings. The van der Waals surface area contributed by atoms with Crippen molar-refractivity contribution >= 4 is 17.8 Å². The van der Waals surface area contributed by atoms with E-state index in [1.165, 1.54) is 5.56 Å². The number of unbranched alkanes of at least 4 members (excludes halogenated alkanes) is 1. The van der Waals surface area contributed by atoms with Crippen LogP contribution in [0.15, 0.2) is 53.5 Å². The molecule has 29 heavy (non-hydrogen) atoms. The summed E-state index contributed by atoms with van der Waals surface area (Å²) in [6.07, 6.45) is 3.27. The van der Waals surface area contributed by atoms with Gasteiger partial charge in [0, 0.05) is 5.56 Å². The molecule has 0 saturated carbocycles. The van der Waals surface area contributed by atoms with Crippen LogP contribution in [0.3, 0.4) is 0 Å². The predicted molar refractivity (Wildman–Crippen MR) is 113 cm³/mol. The first kappa shape index (κ1) is 20.6. The monoisotopic (exact) mass is 393 g/mol. The number of nitrogens with zero attached hydrogens (tertiary/aromatic N) is 1. The van der Waals surface area contributed by atoms with Gasteiger partial charge in [0.15, 0.2) is 0 Å². The van der Waals surface area contributed by atoms with Crippen LogP contribution in [-0.2, 0) is 11.2 Å². The number of rotatable bonds is 7. The van der Waals surface area contributed by atoms with Crippen molar-refractivity contribution in [3.05, 3.63) is 65.2 Å². The summed E-state index contributed by atoms with van der Waals surface area (Å²) in [5.74, 6) is 0.415. The molecule has 152 valence electrons. The van der Waals surface area contributed by atoms with Crippen molar-refractivity contribution in [3.63, 3.8) is 0 Å². The maximum absolute atomic E-state index is 12.5. The Hall–Kier alpha value is -3.15. The van der Waals surface area contributed by atoms with E-state index in [-0.39, 0.29) is 30.2 Å². The summed E-state index contributed by atoms with van der Waals surface area (Å²) in [5, 5.41) is 5.34. The summed E-state index contributed by atoms with van der Waals surface area (Å²) in [6.45, 7) is 4.86. The van der Waals surface area contributed by atoms with Crippen LogP contribution in [0.2, 0.25) is 0 Å². The summed E-state index contributed by atoms with van der Waals surface area (Å²) in [4.78, 5) is 29.2. The lowest BCUT2D eigenvalue weighted by atomic mass is 10.0. The van der Waals surface area contributed by atoms with Gasteiger partial charge in [-0.2, -0.15) is 0 Å². The predicted octanol–water partition coefficient (Wildman–Crippen LogP) is 3.77. The van der Waals surface area contributed by atoms with Crippen LogP contribution in [0.1, 0.15) is 60.6 Å². The number of carbonyl (C=O) groups excluding carboxylic acids is 2. The Morgan fingerprint density at radius 3 is 2.52 bits per heavy atom. The number of guanidine groups is 1. The van der Waals surface area contributed by atoms with Gasteiger partial charge in [0.1, 0.15) is 5.75 Å². The highest BCUT2D eigenvalue weighted by Gasteiger charge is 2.23. The Balaban J connectivity index is 1.66. The molecule has 0 aliphatic carbocycles. The Labute approximate surface area is 171 Å². The smallest absolute Gasteiger partial charge is 0.257 e. The normalized spacial score (nSPS) is 16.0. The molecule has 1 aliphatic heterocycles. The third-order valence-corrected chi connectivity index (χ3v) is 4.81. The molecule has 0 saturated heterocycles. The lowest BCUT2D eigenvalue weighted by Crippen LogP contribution is -2.47. The van der Waals surface area contributed by atoms with Crippen molar-refractivity contribution in [1.82, 2.24) is 10.6 Å². The molecule has 1 heterocycles. The van der Waals surface area contributed by atoms with Crippen LogP contribution >= 0.6 is 0 Å². The summed E-state index contributed by atoms with van der Waals surface area (Å²) >= 11 is 0. The Bertz CT molecular complexity index is 873. The number of amides is 2. The Kier molecular flexibility index (Phi) is 7.00. The zero-order chi connectivity index (χ0) is 20.6. The van der Waals surface area contributed by atoms with Crippen molar-refractivity contribution < 1.29 is 14.3 Å². The molecular formula is C23H27N3O3. The first-order chi connectivity index (χ1) is 14.1. The van der Waals surface area contributed by atoms with E-state index in [0.29, 0.717) is 12.2 Å². The molecule has 2 N–H and O–H groups in total. The minimum atomic E-state index is -0.328. The van der Waals surface area contributed by atoms with Crippen LogP contribution < -0.4 is 15.4 Å². The highest BCUT2D eigenvalue weighted by atomic mass is 16.5. The number of carbonyl (C=O) groups is 2. The molecule has 2 aromatic rings. The Morgan fingerprint density at radius 1 is 1.14 bits per heavy atom. The van der Waals surface area contributed by atoms with Gasteiger partial charge in [0.2, 0.25) is 11.9 Å². The minimum absolute atomic E-state index is 0.167. The average molecular weight is 393 g/mol. The summed E-state index contributed by atoms with van der Waals surface area (Å²) in [6, 6.07) is 14.7. The highest BCUT2D eigenvalue weighted by Crippen LogP contribution is 2.24. The number of aliphatic imine (C=N–C) groups is 1. The first-order valence-corrected chi connectivity index (χ1v) is 10.1. The topological polar surface area (TPSA) is 79.8 Å². The van der Waals surface area contributed by atoms with Crippen LogP contribution in [0.25, 0.3) is 0 Å². The van der Waals surface area contributed by atoms with Gasteiger partial charge in [-0.3, -0.25) is 20.2 Å². The molecule has 1 aliphatic rings. The van der Waals surface area contributed by atoms with Gasteiger partial charge in [-0.15, -0.1) is 0 Å². The maximum Gasteiger partial charge on any atom is 0.257 e. The second-order valence-electron chi connectivity index (χ2n) is 7.02. The highest BCUT2D eigenvalue weighted by molar-refractivity contribution is 6.10. The molecule has 0 spiro atoms. The quantitative estimate of drug-likeness (QED) is 0.703. The van der Waals surface area contributed by atoms with Gasteiger partial charge in [0.25, 0.3) is 5.91 Å². The van der Waals surface area contributed by atoms with Crippen molar-refractivity contribution in [2.75, 3.05) is 6.61 Å². The zero-order valence-corrected chi connectivity index (χ0v) is 16.9. The van der Waals surface area contributed by atoms with Gasteiger partial charge in [0.05, 0.1) is 19.1 Å². The standard InChI is InChI=1S/C23H27N3O3/c1-3-5-14-29-19-12-10-18(11-13-19)22(28)26-23-24-20(15-21(27)25-23)17-8-6-16(4-2)7-9-17/h6-13,20H,3-5,14-15H2,1-2H3,(H2,24,25,26,27,28)/t20-/m1/s1. The molecule has 3 rings (SSSR count). The molecule has 2 aromatic carbocycles. The number of nitrogens with one attached hydrogen (secondary N) is 2. The molecule has 1 atom stereocenters. The van der Waals surface area contributed by atoms with Crippen molar-refractivity contribution in [2.45, 2.75) is 45.6 Å². The van der Waals surface area contributed by atoms with Gasteiger partial charge in [-0.05, 0) is 48.2 Å². The van der Waals surface area contributed by atoms with Crippen molar-refractivity contribution in [2.24, 2.45) is 4.99 Å². The SMILES string of the molecule is CCCCOc1ccc(C(=O)NC2=N[C@@H](c3ccc(CC)cc3)CC(=O)N2)cc1. The second-order valence-corrected chi connectivity index (χ2v) is 7.02. The van der Waals surface area contributed by atoms with Gasteiger partial charge >= 0.3 is 0 Å². The first-order valence-electron chi connectivity index (χ1n) is 10.1. The van der Waals surface area contributed by atoms with E-state index in [1.54, 1.807) is 24.3 Å². The van der Waals surface area contributed by atoms with Crippen LogP contribution in [0, 0.1) is 0 Å². The molecule has 0 aromatic heterocycles. The van der Waals surface area contributed by atoms with Crippen molar-refractivity contribution in [3.8, 4) is 5.75 Å². The van der Waals surface area contributed by atoms with E-state index in [2.05, 4.69) is 29.5 Å². The lowest BCUT2D eigenvalue weighted by molar-refractivity contribution is -0.120. The average Bonchev–Trinajstić information content (AvgIpc) is 2.74. The summed E-state index contributed by atoms with van der Waals surface area (Å²) < 4.78 is 5.61. The molecule has 6 nitrogen and oxygen atoms in total. The molecular weight excluding hydrogens is 366 g/mol. The number of hydrogen-bond acceptors (Lipinski definition) is 4. The molecule has 0 bridgehead atoms. The maximum atomic E-state index is 12.5. The fraction of sp³-hybridized carbons (Fsp3) is 0.348. The third-order valence-electron chi connectivity index (χ3n) is 4.81. The van der Waals surface area contributed by atoms with Gasteiger partial charge in [-0.25, -0.2) is 4.99 Å². The van der Waals surface area contributed by atoms with Gasteiger partial charge < -0.3 is 4.74 Å². The number of ether oxygens (including phenoxy) is 1. The fourth-order valence-corrected chi connectivity index (χ4v) is 3.04. The van der Waals surface area contributed by atoms with E-state index in [1.807, 2.05) is 24.3 Å². The summed E-state index contributed by atoms with van der Waals surface area (Å²) in [5.41, 5.74) is 2.66. The van der Waals surface area contributed by atoms with Crippen LogP contribution in [-0.4, -0.2) is 24.4 Å². The molecule has 0 radical (unpaired) electrons. The van der Waals surface area contributed by atoms with E-state index in [9.17, 15) is 9.59 Å². The number of hydrogen-bond donors (Lipinski definition) is 2. The third kappa shape index (κ3) is 5.67. The lowest BCUT2D eigenvalue weighted by Gasteiger charge is -2.21. The zero-order valence-electron chi connectivity index (χ0n) is 16.9. The van der Waals surface area contributed by atoms with E-state index in [4.69, 9.17) is 4.74 Å². The van der Waals surface area contributed by atoms with E-state index >= 15 is 0 Å². The molecule has 6 heteroatoms. The molecule has 0 unspecified atom stereocenters. The minimum Gasteiger partial charge on any atom is -0.494 e. The largest absolute Gasteiger partial charge is 0.494 e. The summed E-state index contributed by atoms with van der Waals surface area (Å²) in [7, 11) is 0.